The Morgan fingerprint density at radius 2 is 1.69 bits per heavy atom. The van der Waals surface area contributed by atoms with Crippen molar-refractivity contribution in [2.75, 3.05) is 0 Å². The molecule has 0 aliphatic heterocycles. The van der Waals surface area contributed by atoms with Gasteiger partial charge in [-0.15, -0.1) is 37.2 Å². The smallest absolute Gasteiger partial charge is 0.138 e. The SMILES string of the molecule is CC(C)N=C(N)c1ccc2nc(-c3ccc(Oc4ccnc5cc(Cl)ccc45)cc3)[nH]c2c1.Cl.Cl.Cl. The summed E-state index contributed by atoms with van der Waals surface area (Å²) in [5.74, 6) is 2.74. The number of fused-ring (bicyclic) bond motifs is 2. The minimum atomic E-state index is 0. The highest BCUT2D eigenvalue weighted by molar-refractivity contribution is 6.31. The summed E-state index contributed by atoms with van der Waals surface area (Å²) in [5, 5.41) is 1.55. The molecular weight excluding hydrogens is 540 g/mol. The number of nitrogens with one attached hydrogen (secondary N) is 1. The molecular formula is C26H25Cl4N5O. The molecule has 0 atom stereocenters. The number of hydrogen-bond acceptors (Lipinski definition) is 4. The molecule has 3 aromatic carbocycles. The van der Waals surface area contributed by atoms with Crippen LogP contribution in [0.3, 0.4) is 0 Å². The highest BCUT2D eigenvalue weighted by atomic mass is 35.5. The number of nitrogens with two attached hydrogens (primary N) is 1. The zero-order valence-electron chi connectivity index (χ0n) is 19.4. The van der Waals surface area contributed by atoms with E-state index in [9.17, 15) is 0 Å². The Balaban J connectivity index is 0.00000152. The van der Waals surface area contributed by atoms with Gasteiger partial charge in [0.25, 0.3) is 0 Å². The van der Waals surface area contributed by atoms with Gasteiger partial charge >= 0.3 is 0 Å². The van der Waals surface area contributed by atoms with Crippen LogP contribution in [0.5, 0.6) is 11.5 Å². The molecule has 0 aliphatic rings. The molecule has 188 valence electrons. The Kier molecular flexibility index (Phi) is 9.96. The number of ether oxygens (including phenoxy) is 1. The molecule has 0 amide bonds. The highest BCUT2D eigenvalue weighted by Crippen LogP contribution is 2.31. The number of amidine groups is 1. The lowest BCUT2D eigenvalue weighted by Gasteiger charge is -2.09. The molecule has 0 aliphatic carbocycles. The lowest BCUT2D eigenvalue weighted by Crippen LogP contribution is -2.15. The molecule has 6 nitrogen and oxygen atoms in total. The maximum atomic E-state index is 6.12. The average Bonchev–Trinajstić information content (AvgIpc) is 3.22. The lowest BCUT2D eigenvalue weighted by atomic mass is 10.2. The van der Waals surface area contributed by atoms with E-state index in [-0.39, 0.29) is 43.3 Å². The van der Waals surface area contributed by atoms with Gasteiger partial charge in [-0.3, -0.25) is 9.98 Å². The molecule has 3 N–H and O–H groups in total. The first-order valence-electron chi connectivity index (χ1n) is 10.6. The van der Waals surface area contributed by atoms with Crippen molar-refractivity contribution in [3.8, 4) is 22.9 Å². The van der Waals surface area contributed by atoms with Gasteiger partial charge in [0, 0.05) is 33.8 Å². The minimum Gasteiger partial charge on any atom is -0.457 e. The Bertz CT molecular complexity index is 1500. The second-order valence-corrected chi connectivity index (χ2v) is 8.46. The summed E-state index contributed by atoms with van der Waals surface area (Å²) in [5.41, 5.74) is 10.5. The summed E-state index contributed by atoms with van der Waals surface area (Å²) in [7, 11) is 0. The van der Waals surface area contributed by atoms with Crippen LogP contribution in [0.2, 0.25) is 5.02 Å². The summed E-state index contributed by atoms with van der Waals surface area (Å²) in [6, 6.07) is 21.2. The number of pyridine rings is 1. The van der Waals surface area contributed by atoms with Crippen LogP contribution in [-0.2, 0) is 0 Å². The van der Waals surface area contributed by atoms with Crippen LogP contribution in [0.25, 0.3) is 33.3 Å². The summed E-state index contributed by atoms with van der Waals surface area (Å²) in [6.45, 7) is 4.00. The lowest BCUT2D eigenvalue weighted by molar-refractivity contribution is 0.488. The third kappa shape index (κ3) is 6.20. The molecule has 0 radical (unpaired) electrons. The molecule has 0 unspecified atom stereocenters. The van der Waals surface area contributed by atoms with Gasteiger partial charge in [0.05, 0.1) is 16.6 Å². The first-order chi connectivity index (χ1) is 16.0. The molecule has 0 fully saturated rings. The van der Waals surface area contributed by atoms with Crippen LogP contribution < -0.4 is 10.5 Å². The number of nitrogens with zero attached hydrogens (tertiary/aromatic N) is 3. The quantitative estimate of drug-likeness (QED) is 0.170. The fourth-order valence-corrected chi connectivity index (χ4v) is 3.82. The number of imidazole rings is 1. The average molecular weight is 565 g/mol. The van der Waals surface area contributed by atoms with Crippen LogP contribution in [0.1, 0.15) is 19.4 Å². The van der Waals surface area contributed by atoms with Crippen LogP contribution in [-0.4, -0.2) is 26.8 Å². The Hall–Kier alpha value is -3.03. The van der Waals surface area contributed by atoms with Gasteiger partial charge in [-0.05, 0) is 80.6 Å². The third-order valence-corrected chi connectivity index (χ3v) is 5.43. The predicted molar refractivity (Wildman–Crippen MR) is 156 cm³/mol. The Morgan fingerprint density at radius 1 is 0.944 bits per heavy atom. The van der Waals surface area contributed by atoms with E-state index in [1.165, 1.54) is 0 Å². The fourth-order valence-electron chi connectivity index (χ4n) is 3.65. The van der Waals surface area contributed by atoms with Gasteiger partial charge in [0.2, 0.25) is 0 Å². The molecule has 0 bridgehead atoms. The summed E-state index contributed by atoms with van der Waals surface area (Å²) < 4.78 is 6.11. The minimum absolute atomic E-state index is 0. The van der Waals surface area contributed by atoms with E-state index in [1.807, 2.05) is 80.6 Å². The topological polar surface area (TPSA) is 89.2 Å². The van der Waals surface area contributed by atoms with Gasteiger partial charge in [-0.1, -0.05) is 11.6 Å². The Labute approximate surface area is 232 Å². The molecule has 36 heavy (non-hydrogen) atoms. The van der Waals surface area contributed by atoms with Crippen LogP contribution in [0, 0.1) is 0 Å². The fraction of sp³-hybridized carbons (Fsp3) is 0.115. The largest absolute Gasteiger partial charge is 0.457 e. The second kappa shape index (κ2) is 12.3. The maximum absolute atomic E-state index is 6.12. The summed E-state index contributed by atoms with van der Waals surface area (Å²) in [6.07, 6.45) is 1.71. The van der Waals surface area contributed by atoms with Gasteiger partial charge in [0.15, 0.2) is 0 Å². The van der Waals surface area contributed by atoms with Crippen LogP contribution >= 0.6 is 48.8 Å². The molecule has 2 aromatic heterocycles. The number of rotatable bonds is 5. The van der Waals surface area contributed by atoms with Gasteiger partial charge in [0.1, 0.15) is 23.2 Å². The number of H-pyrrole nitrogens is 1. The zero-order chi connectivity index (χ0) is 22.9. The van der Waals surface area contributed by atoms with Gasteiger partial charge < -0.3 is 15.5 Å². The van der Waals surface area contributed by atoms with E-state index in [2.05, 4.69) is 15.0 Å². The first kappa shape index (κ1) is 29.2. The van der Waals surface area contributed by atoms with Crippen molar-refractivity contribution < 1.29 is 4.74 Å². The number of hydrogen-bond donors (Lipinski definition) is 2. The van der Waals surface area contributed by atoms with Crippen LogP contribution in [0.4, 0.5) is 0 Å². The Morgan fingerprint density at radius 3 is 2.42 bits per heavy atom. The number of halogens is 4. The summed E-state index contributed by atoms with van der Waals surface area (Å²) >= 11 is 6.08. The van der Waals surface area contributed by atoms with E-state index >= 15 is 0 Å². The summed E-state index contributed by atoms with van der Waals surface area (Å²) in [4.78, 5) is 16.9. The molecule has 0 saturated carbocycles. The molecule has 2 heterocycles. The van der Waals surface area contributed by atoms with E-state index < -0.39 is 0 Å². The van der Waals surface area contributed by atoms with Crippen molar-refractivity contribution in [1.29, 1.82) is 0 Å². The van der Waals surface area contributed by atoms with Crippen molar-refractivity contribution in [3.05, 3.63) is 83.5 Å². The third-order valence-electron chi connectivity index (χ3n) is 5.20. The van der Waals surface area contributed by atoms with Crippen molar-refractivity contribution in [3.63, 3.8) is 0 Å². The zero-order valence-corrected chi connectivity index (χ0v) is 22.6. The number of aromatic nitrogens is 3. The van der Waals surface area contributed by atoms with Crippen molar-refractivity contribution in [1.82, 2.24) is 15.0 Å². The van der Waals surface area contributed by atoms with Gasteiger partial charge in [-0.2, -0.15) is 0 Å². The normalized spacial score (nSPS) is 11.1. The molecule has 0 saturated heterocycles. The highest BCUT2D eigenvalue weighted by Gasteiger charge is 2.10. The monoisotopic (exact) mass is 563 g/mol. The first-order valence-corrected chi connectivity index (χ1v) is 11.0. The van der Waals surface area contributed by atoms with Crippen LogP contribution in [0.15, 0.2) is 77.9 Å². The second-order valence-electron chi connectivity index (χ2n) is 8.02. The number of aliphatic imine (C=N–C) groups is 1. The molecule has 5 rings (SSSR count). The van der Waals surface area contributed by atoms with Gasteiger partial charge in [-0.25, -0.2) is 4.98 Å². The maximum Gasteiger partial charge on any atom is 0.138 e. The number of benzene rings is 3. The van der Waals surface area contributed by atoms with E-state index in [0.29, 0.717) is 10.9 Å². The van der Waals surface area contributed by atoms with Crippen molar-refractivity contribution in [2.24, 2.45) is 10.7 Å². The van der Waals surface area contributed by atoms with E-state index in [4.69, 9.17) is 27.1 Å². The molecule has 10 heteroatoms. The number of aromatic amines is 1. The van der Waals surface area contributed by atoms with E-state index in [1.54, 1.807) is 6.20 Å². The molecule has 5 aromatic rings. The van der Waals surface area contributed by atoms with E-state index in [0.717, 1.165) is 50.4 Å². The van der Waals surface area contributed by atoms with Crippen molar-refractivity contribution >= 4 is 76.6 Å². The molecule has 0 spiro atoms. The van der Waals surface area contributed by atoms with Crippen molar-refractivity contribution in [2.45, 2.75) is 19.9 Å². The standard InChI is InChI=1S/C26H22ClN5O.3ClH/c1-15(2)30-25(28)17-5-10-21-23(13-17)32-26(31-21)16-3-7-19(8-4-16)33-24-11-12-29-22-14-18(27)6-9-20(22)24;;;/h3-15H,1-2H3,(H2,28,30)(H,31,32);3*1H. The predicted octanol–water partition coefficient (Wildman–Crippen LogP) is 7.60.